The van der Waals surface area contributed by atoms with Crippen molar-refractivity contribution >= 4 is 27.4 Å². The first-order valence-corrected chi connectivity index (χ1v) is 14.3. The number of benzene rings is 2. The fraction of sp³-hybridized carbons (Fsp3) is 0.357. The van der Waals surface area contributed by atoms with E-state index < -0.39 is 45.1 Å². The summed E-state index contributed by atoms with van der Waals surface area (Å²) in [6, 6.07) is 16.9. The zero-order valence-electron chi connectivity index (χ0n) is 21.5. The quantitative estimate of drug-likeness (QED) is 0.301. The van der Waals surface area contributed by atoms with Gasteiger partial charge in [0.1, 0.15) is 6.26 Å². The van der Waals surface area contributed by atoms with Crippen molar-refractivity contribution in [2.75, 3.05) is 5.75 Å². The highest BCUT2D eigenvalue weighted by molar-refractivity contribution is 7.90. The summed E-state index contributed by atoms with van der Waals surface area (Å²) in [6.45, 7) is 3.54. The number of aromatic nitrogens is 1. The second kappa shape index (κ2) is 13.7. The lowest BCUT2D eigenvalue weighted by atomic mass is 10.00. The molecule has 2 unspecified atom stereocenters. The summed E-state index contributed by atoms with van der Waals surface area (Å²) < 4.78 is 31.2. The molecule has 0 aliphatic carbocycles. The number of carbonyl (C=O) groups excluding carboxylic acids is 3. The van der Waals surface area contributed by atoms with Crippen LogP contribution >= 0.6 is 0 Å². The Morgan fingerprint density at radius 1 is 0.921 bits per heavy atom. The Bertz CT molecular complexity index is 1290. The number of nitrogens with one attached hydrogen (secondary N) is 2. The number of Topliss-reactive ketones (excluding diaryl/α,β-unsaturated/α-hetero) is 1. The van der Waals surface area contributed by atoms with Crippen LogP contribution in [0.4, 0.5) is 0 Å². The lowest BCUT2D eigenvalue weighted by molar-refractivity contribution is -0.130. The van der Waals surface area contributed by atoms with Gasteiger partial charge >= 0.3 is 0 Å². The number of hydrogen-bond acceptors (Lipinski definition) is 7. The zero-order chi connectivity index (χ0) is 27.5. The molecule has 0 saturated carbocycles. The minimum atomic E-state index is -3.76. The predicted octanol–water partition coefficient (Wildman–Crippen LogP) is 3.12. The van der Waals surface area contributed by atoms with E-state index in [2.05, 4.69) is 15.6 Å². The van der Waals surface area contributed by atoms with Crippen LogP contribution in [0.15, 0.2) is 77.5 Å². The van der Waals surface area contributed by atoms with Crippen molar-refractivity contribution in [3.05, 3.63) is 90.1 Å². The molecule has 0 fully saturated rings. The maximum atomic E-state index is 13.4. The SMILES string of the molecule is CC(C)NC(=O)CC(CS(=O)(=O)Cc1ccccc1)C(=O)NC(CCc1ccccc1)C(=O)c1ncco1. The van der Waals surface area contributed by atoms with E-state index in [9.17, 15) is 22.8 Å². The zero-order valence-corrected chi connectivity index (χ0v) is 22.3. The van der Waals surface area contributed by atoms with Crippen molar-refractivity contribution in [1.29, 1.82) is 0 Å². The molecule has 0 radical (unpaired) electrons. The highest BCUT2D eigenvalue weighted by Gasteiger charge is 2.32. The summed E-state index contributed by atoms with van der Waals surface area (Å²) in [4.78, 5) is 43.0. The van der Waals surface area contributed by atoms with Crippen molar-refractivity contribution in [1.82, 2.24) is 15.6 Å². The second-order valence-corrected chi connectivity index (χ2v) is 11.6. The first-order chi connectivity index (χ1) is 18.1. The number of oxazole rings is 1. The maximum absolute atomic E-state index is 13.4. The highest BCUT2D eigenvalue weighted by Crippen LogP contribution is 2.16. The van der Waals surface area contributed by atoms with Crippen molar-refractivity contribution < 1.29 is 27.2 Å². The number of nitrogens with zero attached hydrogens (tertiary/aromatic N) is 1. The van der Waals surface area contributed by atoms with Crippen LogP contribution in [0.2, 0.25) is 0 Å². The van der Waals surface area contributed by atoms with E-state index in [0.29, 0.717) is 12.0 Å². The topological polar surface area (TPSA) is 135 Å². The van der Waals surface area contributed by atoms with Crippen LogP contribution in [-0.2, 0) is 31.6 Å². The van der Waals surface area contributed by atoms with Crippen LogP contribution in [0.25, 0.3) is 0 Å². The van der Waals surface area contributed by atoms with Gasteiger partial charge in [0.15, 0.2) is 9.84 Å². The molecule has 0 spiro atoms. The van der Waals surface area contributed by atoms with Crippen molar-refractivity contribution in [2.24, 2.45) is 5.92 Å². The standard InChI is InChI=1S/C28H33N3O6S/c1-20(2)30-25(32)17-23(19-38(35,36)18-22-11-7-4-8-12-22)27(34)31-24(26(33)28-29-15-16-37-28)14-13-21-9-5-3-6-10-21/h3-12,15-16,20,23-24H,13-14,17-19H2,1-2H3,(H,30,32)(H,31,34). The largest absolute Gasteiger partial charge is 0.442 e. The Kier molecular flexibility index (Phi) is 10.3. The summed E-state index contributed by atoms with van der Waals surface area (Å²) >= 11 is 0. The first-order valence-electron chi connectivity index (χ1n) is 12.4. The summed E-state index contributed by atoms with van der Waals surface area (Å²) in [5.74, 6) is -3.84. The van der Waals surface area contributed by atoms with E-state index in [1.807, 2.05) is 30.3 Å². The van der Waals surface area contributed by atoms with Gasteiger partial charge in [0.05, 0.1) is 29.7 Å². The maximum Gasteiger partial charge on any atom is 0.265 e. The fourth-order valence-corrected chi connectivity index (χ4v) is 5.73. The molecule has 1 heterocycles. The minimum Gasteiger partial charge on any atom is -0.442 e. The monoisotopic (exact) mass is 539 g/mol. The number of carbonyl (C=O) groups is 3. The molecule has 38 heavy (non-hydrogen) atoms. The summed E-state index contributed by atoms with van der Waals surface area (Å²) in [5.41, 5.74) is 1.54. The van der Waals surface area contributed by atoms with Gasteiger partial charge in [-0.15, -0.1) is 0 Å². The third-order valence-corrected chi connectivity index (χ3v) is 7.46. The van der Waals surface area contributed by atoms with Gasteiger partial charge < -0.3 is 15.1 Å². The molecular formula is C28H33N3O6S. The van der Waals surface area contributed by atoms with E-state index in [4.69, 9.17) is 4.42 Å². The lowest BCUT2D eigenvalue weighted by Gasteiger charge is -2.22. The van der Waals surface area contributed by atoms with Gasteiger partial charge in [-0.05, 0) is 37.8 Å². The molecule has 2 atom stereocenters. The summed E-state index contributed by atoms with van der Waals surface area (Å²) in [7, 11) is -3.76. The number of hydrogen-bond donors (Lipinski definition) is 2. The third kappa shape index (κ3) is 9.26. The summed E-state index contributed by atoms with van der Waals surface area (Å²) in [6.07, 6.45) is 2.97. The van der Waals surface area contributed by atoms with Gasteiger partial charge in [-0.3, -0.25) is 14.4 Å². The molecule has 2 N–H and O–H groups in total. The van der Waals surface area contributed by atoms with Gasteiger partial charge in [0.25, 0.3) is 5.89 Å². The number of sulfone groups is 1. The average molecular weight is 540 g/mol. The van der Waals surface area contributed by atoms with E-state index in [-0.39, 0.29) is 30.5 Å². The summed E-state index contributed by atoms with van der Waals surface area (Å²) in [5, 5.41) is 5.39. The van der Waals surface area contributed by atoms with Crippen molar-refractivity contribution in [3.8, 4) is 0 Å². The van der Waals surface area contributed by atoms with Crippen LogP contribution < -0.4 is 10.6 Å². The molecule has 10 heteroatoms. The van der Waals surface area contributed by atoms with E-state index in [0.717, 1.165) is 5.56 Å². The highest BCUT2D eigenvalue weighted by atomic mass is 32.2. The molecule has 1 aromatic heterocycles. The van der Waals surface area contributed by atoms with Gasteiger partial charge in [-0.1, -0.05) is 60.7 Å². The Morgan fingerprint density at radius 2 is 1.55 bits per heavy atom. The molecule has 3 aromatic rings. The van der Waals surface area contributed by atoms with E-state index in [1.54, 1.807) is 44.2 Å². The molecule has 0 saturated heterocycles. The average Bonchev–Trinajstić information content (AvgIpc) is 3.41. The van der Waals surface area contributed by atoms with Crippen LogP contribution in [0.5, 0.6) is 0 Å². The van der Waals surface area contributed by atoms with Crippen LogP contribution in [0.1, 0.15) is 48.5 Å². The second-order valence-electron chi connectivity index (χ2n) is 9.45. The van der Waals surface area contributed by atoms with Gasteiger partial charge in [0.2, 0.25) is 17.6 Å². The number of amides is 2. The van der Waals surface area contributed by atoms with Crippen LogP contribution in [0, 0.1) is 5.92 Å². The first kappa shape index (κ1) is 28.8. The number of ketones is 1. The molecule has 202 valence electrons. The molecule has 0 bridgehead atoms. The number of rotatable bonds is 14. The smallest absolute Gasteiger partial charge is 0.265 e. The van der Waals surface area contributed by atoms with Gasteiger partial charge in [-0.25, -0.2) is 13.4 Å². The molecule has 0 aliphatic heterocycles. The normalized spacial score (nSPS) is 13.0. The van der Waals surface area contributed by atoms with E-state index >= 15 is 0 Å². The minimum absolute atomic E-state index is 0.158. The lowest BCUT2D eigenvalue weighted by Crippen LogP contribution is -2.47. The Morgan fingerprint density at radius 3 is 2.13 bits per heavy atom. The van der Waals surface area contributed by atoms with Crippen molar-refractivity contribution in [2.45, 2.75) is 50.9 Å². The molecule has 9 nitrogen and oxygen atoms in total. The van der Waals surface area contributed by atoms with Crippen LogP contribution in [0.3, 0.4) is 0 Å². The molecule has 3 rings (SSSR count). The Labute approximate surface area is 223 Å². The molecule has 0 aliphatic rings. The van der Waals surface area contributed by atoms with Gasteiger partial charge in [0, 0.05) is 12.5 Å². The molecular weight excluding hydrogens is 506 g/mol. The predicted molar refractivity (Wildman–Crippen MR) is 143 cm³/mol. The molecule has 2 aromatic carbocycles. The Hall–Kier alpha value is -3.79. The molecule has 2 amide bonds. The third-order valence-electron chi connectivity index (χ3n) is 5.78. The van der Waals surface area contributed by atoms with Gasteiger partial charge in [-0.2, -0.15) is 0 Å². The van der Waals surface area contributed by atoms with Crippen molar-refractivity contribution in [3.63, 3.8) is 0 Å². The van der Waals surface area contributed by atoms with E-state index in [1.165, 1.54) is 12.5 Å². The number of aryl methyl sites for hydroxylation is 1. The Balaban J connectivity index is 1.80. The van der Waals surface area contributed by atoms with Crippen LogP contribution in [-0.4, -0.2) is 48.8 Å². The fourth-order valence-electron chi connectivity index (χ4n) is 4.03.